The normalized spacial score (nSPS) is 10.4. The van der Waals surface area contributed by atoms with Gasteiger partial charge in [-0.15, -0.1) is 0 Å². The predicted octanol–water partition coefficient (Wildman–Crippen LogP) is 4.73. The SMILES string of the molecule is CC.NSc1ccc(CNc2nc3ccc(-c4ccc(F)cc4)nc3c(=O)[nH]2)cc1. The number of aromatic amines is 1. The highest BCUT2D eigenvalue weighted by molar-refractivity contribution is 7.97. The van der Waals surface area contributed by atoms with E-state index in [0.29, 0.717) is 23.7 Å². The smallest absolute Gasteiger partial charge is 0.278 e. The maximum Gasteiger partial charge on any atom is 0.278 e. The Balaban J connectivity index is 0.00000124. The first kappa shape index (κ1) is 21.5. The maximum atomic E-state index is 13.1. The van der Waals surface area contributed by atoms with E-state index in [4.69, 9.17) is 5.14 Å². The number of nitrogens with two attached hydrogens (primary N) is 1. The molecule has 0 saturated heterocycles. The summed E-state index contributed by atoms with van der Waals surface area (Å²) in [5.41, 5.74) is 2.71. The van der Waals surface area contributed by atoms with Crippen molar-refractivity contribution in [1.29, 1.82) is 0 Å². The average Bonchev–Trinajstić information content (AvgIpc) is 2.80. The standard InChI is InChI=1S/C20H16FN5OS.C2H6/c21-14-5-3-13(4-6-14)16-9-10-17-18(24-16)19(27)26-20(25-17)23-11-12-1-7-15(28-22)8-2-12;1-2/h1-10H,11,22H2,(H2,23,25,26,27);1-2H3. The van der Waals surface area contributed by atoms with E-state index in [0.717, 1.165) is 16.0 Å². The van der Waals surface area contributed by atoms with Crippen molar-refractivity contribution in [1.82, 2.24) is 15.0 Å². The van der Waals surface area contributed by atoms with Crippen LogP contribution in [-0.2, 0) is 6.54 Å². The minimum absolute atomic E-state index is 0.233. The summed E-state index contributed by atoms with van der Waals surface area (Å²) in [6.07, 6.45) is 0. The number of halogens is 1. The summed E-state index contributed by atoms with van der Waals surface area (Å²) in [4.78, 5) is 24.9. The van der Waals surface area contributed by atoms with Crippen molar-refractivity contribution in [2.24, 2.45) is 5.14 Å². The molecule has 0 atom stereocenters. The molecular weight excluding hydrogens is 401 g/mol. The van der Waals surface area contributed by atoms with E-state index in [9.17, 15) is 9.18 Å². The summed E-state index contributed by atoms with van der Waals surface area (Å²) >= 11 is 1.19. The minimum atomic E-state index is -0.341. The molecule has 0 amide bonds. The highest BCUT2D eigenvalue weighted by Crippen LogP contribution is 2.20. The van der Waals surface area contributed by atoms with E-state index < -0.39 is 0 Å². The molecule has 154 valence electrons. The first-order valence-electron chi connectivity index (χ1n) is 9.49. The number of H-pyrrole nitrogens is 1. The van der Waals surface area contributed by atoms with Gasteiger partial charge in [0.15, 0.2) is 5.52 Å². The van der Waals surface area contributed by atoms with Crippen LogP contribution in [0.5, 0.6) is 0 Å². The zero-order valence-electron chi connectivity index (χ0n) is 16.6. The Morgan fingerprint density at radius 3 is 2.37 bits per heavy atom. The first-order valence-corrected chi connectivity index (χ1v) is 10.4. The van der Waals surface area contributed by atoms with Crippen molar-refractivity contribution in [3.8, 4) is 11.3 Å². The fraction of sp³-hybridized carbons (Fsp3) is 0.136. The van der Waals surface area contributed by atoms with Crippen LogP contribution < -0.4 is 16.0 Å². The van der Waals surface area contributed by atoms with Crippen molar-refractivity contribution in [3.05, 3.63) is 82.4 Å². The Bertz CT molecular complexity index is 1180. The zero-order valence-corrected chi connectivity index (χ0v) is 17.5. The number of nitrogens with one attached hydrogen (secondary N) is 2. The minimum Gasteiger partial charge on any atom is -0.352 e. The maximum absolute atomic E-state index is 13.1. The molecule has 2 heterocycles. The van der Waals surface area contributed by atoms with Gasteiger partial charge in [0, 0.05) is 17.0 Å². The largest absolute Gasteiger partial charge is 0.352 e. The molecule has 0 radical (unpaired) electrons. The number of pyridine rings is 1. The van der Waals surface area contributed by atoms with E-state index in [1.807, 2.05) is 38.1 Å². The van der Waals surface area contributed by atoms with E-state index >= 15 is 0 Å². The first-order chi connectivity index (χ1) is 14.6. The summed E-state index contributed by atoms with van der Waals surface area (Å²) in [7, 11) is 0. The van der Waals surface area contributed by atoms with Crippen LogP contribution in [0.1, 0.15) is 19.4 Å². The molecule has 4 rings (SSSR count). The number of aromatic nitrogens is 3. The molecule has 30 heavy (non-hydrogen) atoms. The monoisotopic (exact) mass is 423 g/mol. The fourth-order valence-corrected chi connectivity index (χ4v) is 3.05. The summed E-state index contributed by atoms with van der Waals surface area (Å²) < 4.78 is 13.1. The number of fused-ring (bicyclic) bond motifs is 1. The molecule has 2 aromatic heterocycles. The number of benzene rings is 2. The van der Waals surface area contributed by atoms with Crippen LogP contribution in [0.25, 0.3) is 22.3 Å². The number of nitrogens with zero attached hydrogens (tertiary/aromatic N) is 2. The third-order valence-corrected chi connectivity index (χ3v) is 4.76. The summed E-state index contributed by atoms with van der Waals surface area (Å²) in [5, 5.41) is 8.63. The second kappa shape index (κ2) is 10.00. The average molecular weight is 424 g/mol. The van der Waals surface area contributed by atoms with Crippen molar-refractivity contribution in [3.63, 3.8) is 0 Å². The third-order valence-electron chi connectivity index (χ3n) is 4.21. The van der Waals surface area contributed by atoms with Gasteiger partial charge in [0.25, 0.3) is 5.56 Å². The second-order valence-electron chi connectivity index (χ2n) is 6.10. The van der Waals surface area contributed by atoms with Crippen LogP contribution in [0, 0.1) is 5.82 Å². The Morgan fingerprint density at radius 2 is 1.70 bits per heavy atom. The van der Waals surface area contributed by atoms with Crippen LogP contribution in [0.3, 0.4) is 0 Å². The molecule has 0 spiro atoms. The van der Waals surface area contributed by atoms with Crippen LogP contribution in [-0.4, -0.2) is 15.0 Å². The summed E-state index contributed by atoms with van der Waals surface area (Å²) in [5.74, 6) is 0.0438. The van der Waals surface area contributed by atoms with Gasteiger partial charge < -0.3 is 5.32 Å². The molecule has 0 aliphatic rings. The fourth-order valence-electron chi connectivity index (χ4n) is 2.76. The summed E-state index contributed by atoms with van der Waals surface area (Å²) in [6.45, 7) is 4.51. The molecule has 0 fully saturated rings. The van der Waals surface area contributed by atoms with Gasteiger partial charge in [0.2, 0.25) is 5.95 Å². The molecule has 6 nitrogen and oxygen atoms in total. The number of hydrogen-bond acceptors (Lipinski definition) is 6. The van der Waals surface area contributed by atoms with E-state index in [2.05, 4.69) is 20.3 Å². The highest BCUT2D eigenvalue weighted by atomic mass is 32.2. The Labute approximate surface area is 177 Å². The number of anilines is 1. The lowest BCUT2D eigenvalue weighted by atomic mass is 10.1. The lowest BCUT2D eigenvalue weighted by Crippen LogP contribution is -2.14. The molecule has 0 aliphatic carbocycles. The molecule has 2 aromatic carbocycles. The van der Waals surface area contributed by atoms with Crippen molar-refractivity contribution in [2.45, 2.75) is 25.3 Å². The van der Waals surface area contributed by atoms with Gasteiger partial charge in [-0.05, 0) is 66.0 Å². The van der Waals surface area contributed by atoms with Crippen LogP contribution in [0.2, 0.25) is 0 Å². The molecule has 4 aromatic rings. The topological polar surface area (TPSA) is 96.7 Å². The van der Waals surface area contributed by atoms with Gasteiger partial charge in [-0.3, -0.25) is 14.9 Å². The van der Waals surface area contributed by atoms with Crippen molar-refractivity contribution in [2.75, 3.05) is 5.32 Å². The molecule has 0 unspecified atom stereocenters. The van der Waals surface area contributed by atoms with Gasteiger partial charge >= 0.3 is 0 Å². The highest BCUT2D eigenvalue weighted by Gasteiger charge is 2.08. The molecule has 8 heteroatoms. The molecular formula is C22H22FN5OS. The summed E-state index contributed by atoms with van der Waals surface area (Å²) in [6, 6.07) is 17.2. The van der Waals surface area contributed by atoms with Gasteiger partial charge in [0.05, 0.1) is 11.2 Å². The van der Waals surface area contributed by atoms with E-state index in [-0.39, 0.29) is 16.9 Å². The Kier molecular flexibility index (Phi) is 7.16. The molecule has 4 N–H and O–H groups in total. The van der Waals surface area contributed by atoms with Crippen LogP contribution in [0.15, 0.2) is 70.4 Å². The molecule has 0 saturated carbocycles. The Morgan fingerprint density at radius 1 is 1.00 bits per heavy atom. The zero-order chi connectivity index (χ0) is 21.5. The lowest BCUT2D eigenvalue weighted by molar-refractivity contribution is 0.628. The second-order valence-corrected chi connectivity index (χ2v) is 6.81. The quantitative estimate of drug-likeness (QED) is 0.402. The van der Waals surface area contributed by atoms with Gasteiger partial charge in [-0.2, -0.15) is 0 Å². The number of rotatable bonds is 5. The van der Waals surface area contributed by atoms with Crippen LogP contribution in [0.4, 0.5) is 10.3 Å². The third kappa shape index (κ3) is 5.03. The predicted molar refractivity (Wildman–Crippen MR) is 121 cm³/mol. The molecule has 0 bridgehead atoms. The van der Waals surface area contributed by atoms with Gasteiger partial charge in [-0.25, -0.2) is 14.4 Å². The lowest BCUT2D eigenvalue weighted by Gasteiger charge is -2.08. The van der Waals surface area contributed by atoms with Crippen molar-refractivity contribution < 1.29 is 4.39 Å². The van der Waals surface area contributed by atoms with Crippen LogP contribution >= 0.6 is 11.9 Å². The van der Waals surface area contributed by atoms with Gasteiger partial charge in [0.1, 0.15) is 5.82 Å². The van der Waals surface area contributed by atoms with E-state index in [1.165, 1.54) is 24.1 Å². The van der Waals surface area contributed by atoms with Crippen molar-refractivity contribution >= 4 is 28.9 Å². The Hall–Kier alpha value is -3.23. The molecule has 0 aliphatic heterocycles. The van der Waals surface area contributed by atoms with E-state index in [1.54, 1.807) is 24.3 Å². The number of hydrogen-bond donors (Lipinski definition) is 3. The van der Waals surface area contributed by atoms with Gasteiger partial charge in [-0.1, -0.05) is 26.0 Å².